The zero-order valence-corrected chi connectivity index (χ0v) is 14.9. The number of carbonyl (C=O) groups excluding carboxylic acids is 2. The molecule has 0 saturated heterocycles. The lowest BCUT2D eigenvalue weighted by Gasteiger charge is -2.03. The number of aromatic nitrogens is 2. The summed E-state index contributed by atoms with van der Waals surface area (Å²) in [5, 5.41) is 16.7. The minimum absolute atomic E-state index is 0.163. The van der Waals surface area contributed by atoms with Gasteiger partial charge in [-0.3, -0.25) is 9.59 Å². The fourth-order valence-electron chi connectivity index (χ4n) is 2.11. The molecule has 0 aliphatic rings. The molecule has 8 heteroatoms. The Morgan fingerprint density at radius 3 is 2.64 bits per heavy atom. The van der Waals surface area contributed by atoms with E-state index in [1.165, 1.54) is 22.7 Å². The van der Waals surface area contributed by atoms with Crippen LogP contribution in [0.3, 0.4) is 0 Å². The van der Waals surface area contributed by atoms with E-state index in [-0.39, 0.29) is 24.8 Å². The van der Waals surface area contributed by atoms with Gasteiger partial charge < -0.3 is 10.6 Å². The van der Waals surface area contributed by atoms with Crippen molar-refractivity contribution in [3.05, 3.63) is 63.3 Å². The van der Waals surface area contributed by atoms with E-state index in [1.807, 2.05) is 41.8 Å². The van der Waals surface area contributed by atoms with Gasteiger partial charge >= 0.3 is 0 Å². The maximum absolute atomic E-state index is 11.9. The standard InChI is InChI=1S/C17H16N4O2S2/c22-14(8-9-18-16(23)13-7-4-10-24-13)19-17-21-20-15(25-17)11-12-5-2-1-3-6-12/h1-7,10H,8-9,11H2,(H,18,23)(H,19,21,22). The fourth-order valence-corrected chi connectivity index (χ4v) is 3.54. The number of carbonyl (C=O) groups is 2. The molecule has 25 heavy (non-hydrogen) atoms. The van der Waals surface area contributed by atoms with Crippen LogP contribution in [0.2, 0.25) is 0 Å². The summed E-state index contributed by atoms with van der Waals surface area (Å²) in [5.74, 6) is -0.363. The first-order chi connectivity index (χ1) is 12.2. The molecule has 0 unspecified atom stereocenters. The number of rotatable bonds is 7. The average molecular weight is 372 g/mol. The summed E-state index contributed by atoms with van der Waals surface area (Å²) in [6.45, 7) is 0.276. The van der Waals surface area contributed by atoms with Gasteiger partial charge in [-0.05, 0) is 17.0 Å². The minimum atomic E-state index is -0.200. The molecule has 3 aromatic rings. The van der Waals surface area contributed by atoms with Crippen LogP contribution in [0.1, 0.15) is 26.7 Å². The molecule has 3 rings (SSSR count). The predicted molar refractivity (Wildman–Crippen MR) is 99.1 cm³/mol. The maximum atomic E-state index is 11.9. The molecule has 0 atom stereocenters. The average Bonchev–Trinajstić information content (AvgIpc) is 3.28. The molecular weight excluding hydrogens is 356 g/mol. The Kier molecular flexibility index (Phi) is 5.86. The Bertz CT molecular complexity index is 831. The molecule has 2 N–H and O–H groups in total. The lowest BCUT2D eigenvalue weighted by molar-refractivity contribution is -0.116. The molecule has 0 spiro atoms. The Balaban J connectivity index is 1.43. The second-order valence-electron chi connectivity index (χ2n) is 5.19. The number of thiophene rings is 1. The number of nitrogens with one attached hydrogen (secondary N) is 2. The largest absolute Gasteiger partial charge is 0.351 e. The molecule has 2 heterocycles. The van der Waals surface area contributed by atoms with Gasteiger partial charge in [-0.1, -0.05) is 47.7 Å². The second-order valence-corrected chi connectivity index (χ2v) is 7.20. The molecule has 2 aromatic heterocycles. The number of amides is 2. The van der Waals surface area contributed by atoms with Crippen molar-refractivity contribution in [3.63, 3.8) is 0 Å². The van der Waals surface area contributed by atoms with Crippen LogP contribution < -0.4 is 10.6 Å². The lowest BCUT2D eigenvalue weighted by atomic mass is 10.2. The van der Waals surface area contributed by atoms with Gasteiger partial charge in [-0.15, -0.1) is 21.5 Å². The van der Waals surface area contributed by atoms with E-state index >= 15 is 0 Å². The maximum Gasteiger partial charge on any atom is 0.261 e. The molecular formula is C17H16N4O2S2. The molecule has 0 fully saturated rings. The van der Waals surface area contributed by atoms with Gasteiger partial charge in [0.25, 0.3) is 5.91 Å². The van der Waals surface area contributed by atoms with Gasteiger partial charge in [-0.2, -0.15) is 0 Å². The van der Waals surface area contributed by atoms with E-state index in [9.17, 15) is 9.59 Å². The molecule has 0 saturated carbocycles. The van der Waals surface area contributed by atoms with Crippen LogP contribution in [0.15, 0.2) is 47.8 Å². The third-order valence-corrected chi connectivity index (χ3v) is 5.00. The van der Waals surface area contributed by atoms with Crippen LogP contribution in [0.4, 0.5) is 5.13 Å². The molecule has 128 valence electrons. The van der Waals surface area contributed by atoms with Crippen molar-refractivity contribution in [2.75, 3.05) is 11.9 Å². The summed E-state index contributed by atoms with van der Waals surface area (Å²) < 4.78 is 0. The van der Waals surface area contributed by atoms with Crippen molar-refractivity contribution < 1.29 is 9.59 Å². The van der Waals surface area contributed by atoms with Gasteiger partial charge in [-0.25, -0.2) is 0 Å². The summed E-state index contributed by atoms with van der Waals surface area (Å²) in [6.07, 6.45) is 0.871. The van der Waals surface area contributed by atoms with Gasteiger partial charge in [0.2, 0.25) is 11.0 Å². The Morgan fingerprint density at radius 2 is 1.88 bits per heavy atom. The van der Waals surface area contributed by atoms with Gasteiger partial charge in [0.1, 0.15) is 5.01 Å². The third kappa shape index (κ3) is 5.20. The number of anilines is 1. The summed E-state index contributed by atoms with van der Waals surface area (Å²) in [7, 11) is 0. The smallest absolute Gasteiger partial charge is 0.261 e. The van der Waals surface area contributed by atoms with Gasteiger partial charge in [0.15, 0.2) is 0 Å². The highest BCUT2D eigenvalue weighted by atomic mass is 32.1. The van der Waals surface area contributed by atoms with Crippen molar-refractivity contribution in [3.8, 4) is 0 Å². The number of benzene rings is 1. The summed E-state index contributed by atoms with van der Waals surface area (Å²) in [6, 6.07) is 13.5. The predicted octanol–water partition coefficient (Wildman–Crippen LogP) is 2.95. The van der Waals surface area contributed by atoms with E-state index in [1.54, 1.807) is 6.07 Å². The topological polar surface area (TPSA) is 84.0 Å². The van der Waals surface area contributed by atoms with E-state index in [0.717, 1.165) is 10.6 Å². The molecule has 0 aliphatic carbocycles. The first-order valence-electron chi connectivity index (χ1n) is 7.68. The molecule has 1 aromatic carbocycles. The van der Waals surface area contributed by atoms with Crippen molar-refractivity contribution in [2.24, 2.45) is 0 Å². The zero-order chi connectivity index (χ0) is 17.5. The van der Waals surface area contributed by atoms with Gasteiger partial charge in [0.05, 0.1) is 4.88 Å². The monoisotopic (exact) mass is 372 g/mol. The Morgan fingerprint density at radius 1 is 1.04 bits per heavy atom. The van der Waals surface area contributed by atoms with E-state index < -0.39 is 0 Å². The SMILES string of the molecule is O=C(CCNC(=O)c1cccs1)Nc1nnc(Cc2ccccc2)s1. The quantitative estimate of drug-likeness (QED) is 0.668. The van der Waals surface area contributed by atoms with E-state index in [4.69, 9.17) is 0 Å². The number of hydrogen-bond donors (Lipinski definition) is 2. The van der Waals surface area contributed by atoms with E-state index in [0.29, 0.717) is 16.4 Å². The number of nitrogens with zero attached hydrogens (tertiary/aromatic N) is 2. The first-order valence-corrected chi connectivity index (χ1v) is 9.38. The fraction of sp³-hybridized carbons (Fsp3) is 0.176. The van der Waals surface area contributed by atoms with Crippen molar-refractivity contribution >= 4 is 39.6 Å². The zero-order valence-electron chi connectivity index (χ0n) is 13.3. The van der Waals surface area contributed by atoms with Crippen molar-refractivity contribution in [1.29, 1.82) is 0 Å². The molecule has 0 aliphatic heterocycles. The minimum Gasteiger partial charge on any atom is -0.351 e. The second kappa shape index (κ2) is 8.50. The number of hydrogen-bond acceptors (Lipinski definition) is 6. The molecule has 0 bridgehead atoms. The molecule has 2 amide bonds. The van der Waals surface area contributed by atoms with Crippen molar-refractivity contribution in [2.45, 2.75) is 12.8 Å². The highest BCUT2D eigenvalue weighted by molar-refractivity contribution is 7.15. The Labute approximate surface area is 152 Å². The summed E-state index contributed by atoms with van der Waals surface area (Å²) >= 11 is 2.72. The van der Waals surface area contributed by atoms with Crippen LogP contribution >= 0.6 is 22.7 Å². The summed E-state index contributed by atoms with van der Waals surface area (Å²) in [4.78, 5) is 24.3. The highest BCUT2D eigenvalue weighted by Gasteiger charge is 2.10. The summed E-state index contributed by atoms with van der Waals surface area (Å²) in [5.41, 5.74) is 1.15. The Hall–Kier alpha value is -2.58. The third-order valence-electron chi connectivity index (χ3n) is 3.29. The molecule has 6 nitrogen and oxygen atoms in total. The van der Waals surface area contributed by atoms with Crippen LogP contribution in [-0.4, -0.2) is 28.6 Å². The van der Waals surface area contributed by atoms with Crippen LogP contribution in [0.5, 0.6) is 0 Å². The van der Waals surface area contributed by atoms with E-state index in [2.05, 4.69) is 20.8 Å². The highest BCUT2D eigenvalue weighted by Crippen LogP contribution is 2.18. The molecule has 0 radical (unpaired) electrons. The van der Waals surface area contributed by atoms with Crippen LogP contribution in [0, 0.1) is 0 Å². The van der Waals surface area contributed by atoms with Crippen LogP contribution in [0.25, 0.3) is 0 Å². The lowest BCUT2D eigenvalue weighted by Crippen LogP contribution is -2.27. The van der Waals surface area contributed by atoms with Crippen molar-refractivity contribution in [1.82, 2.24) is 15.5 Å². The first kappa shape index (κ1) is 17.2. The normalized spacial score (nSPS) is 10.4. The van der Waals surface area contributed by atoms with Crippen LogP contribution in [-0.2, 0) is 11.2 Å². The van der Waals surface area contributed by atoms with Gasteiger partial charge in [0, 0.05) is 19.4 Å².